The summed E-state index contributed by atoms with van der Waals surface area (Å²) >= 11 is 0. The Balaban J connectivity index is 3.14. The molecular weight excluding hydrogens is 215 g/mol. The SMILES string of the molecule is Cc1ccc(F)c(/C(O)=C/C(=O)C(=O)O)c1. The smallest absolute Gasteiger partial charge is 0.376 e. The molecule has 0 unspecified atom stereocenters. The summed E-state index contributed by atoms with van der Waals surface area (Å²) in [6, 6.07) is 3.93. The highest BCUT2D eigenvalue weighted by Crippen LogP contribution is 2.17. The van der Waals surface area contributed by atoms with Crippen LogP contribution in [0, 0.1) is 12.7 Å². The fourth-order valence-electron chi connectivity index (χ4n) is 1.10. The van der Waals surface area contributed by atoms with Gasteiger partial charge in [0.05, 0.1) is 5.56 Å². The molecule has 0 fully saturated rings. The molecular formula is C11H9FO4. The van der Waals surface area contributed by atoms with Crippen LogP contribution in [0.15, 0.2) is 24.3 Å². The van der Waals surface area contributed by atoms with Gasteiger partial charge in [-0.15, -0.1) is 0 Å². The van der Waals surface area contributed by atoms with Crippen molar-refractivity contribution in [1.29, 1.82) is 0 Å². The average Bonchev–Trinajstić information content (AvgIpc) is 2.21. The lowest BCUT2D eigenvalue weighted by Crippen LogP contribution is -2.09. The molecule has 1 aromatic carbocycles. The van der Waals surface area contributed by atoms with Crippen LogP contribution in [0.5, 0.6) is 0 Å². The van der Waals surface area contributed by atoms with Crippen molar-refractivity contribution in [3.05, 3.63) is 41.2 Å². The second-order valence-electron chi connectivity index (χ2n) is 3.18. The Morgan fingerprint density at radius 2 is 1.94 bits per heavy atom. The molecule has 0 saturated carbocycles. The van der Waals surface area contributed by atoms with Crippen molar-refractivity contribution >= 4 is 17.5 Å². The van der Waals surface area contributed by atoms with Crippen LogP contribution in [-0.4, -0.2) is 22.0 Å². The number of ketones is 1. The van der Waals surface area contributed by atoms with Crippen molar-refractivity contribution in [2.24, 2.45) is 0 Å². The van der Waals surface area contributed by atoms with Crippen LogP contribution >= 0.6 is 0 Å². The van der Waals surface area contributed by atoms with Gasteiger partial charge in [-0.3, -0.25) is 4.79 Å². The predicted molar refractivity (Wildman–Crippen MR) is 54.4 cm³/mol. The highest BCUT2D eigenvalue weighted by Gasteiger charge is 2.13. The quantitative estimate of drug-likeness (QED) is 0.465. The van der Waals surface area contributed by atoms with E-state index in [0.717, 1.165) is 6.07 Å². The Bertz CT molecular complexity index is 477. The molecule has 0 amide bonds. The van der Waals surface area contributed by atoms with E-state index in [2.05, 4.69) is 0 Å². The minimum absolute atomic E-state index is 0.199. The molecule has 1 rings (SSSR count). The average molecular weight is 224 g/mol. The van der Waals surface area contributed by atoms with Gasteiger partial charge in [0.25, 0.3) is 5.78 Å². The minimum atomic E-state index is -1.71. The minimum Gasteiger partial charge on any atom is -0.507 e. The lowest BCUT2D eigenvalue weighted by molar-refractivity contribution is -0.146. The van der Waals surface area contributed by atoms with Gasteiger partial charge in [0.2, 0.25) is 0 Å². The van der Waals surface area contributed by atoms with Crippen molar-refractivity contribution in [3.8, 4) is 0 Å². The standard InChI is InChI=1S/C11H9FO4/c1-6-2-3-8(12)7(4-6)9(13)5-10(14)11(15)16/h2-5,13H,1H3,(H,15,16)/b9-5-. The lowest BCUT2D eigenvalue weighted by Gasteiger charge is -2.02. The number of aliphatic hydroxyl groups excluding tert-OH is 1. The Kier molecular flexibility index (Phi) is 3.40. The largest absolute Gasteiger partial charge is 0.507 e. The number of aryl methyl sites for hydroxylation is 1. The first kappa shape index (κ1) is 11.9. The number of hydrogen-bond donors (Lipinski definition) is 2. The van der Waals surface area contributed by atoms with Crippen LogP contribution in [0.2, 0.25) is 0 Å². The number of carboxylic acid groups (broad SMARTS) is 1. The molecule has 0 spiro atoms. The van der Waals surface area contributed by atoms with E-state index in [1.807, 2.05) is 0 Å². The molecule has 0 aliphatic carbocycles. The molecule has 0 aliphatic rings. The summed E-state index contributed by atoms with van der Waals surface area (Å²) in [6.07, 6.45) is 0.472. The summed E-state index contributed by atoms with van der Waals surface area (Å²) < 4.78 is 13.2. The molecule has 0 aliphatic heterocycles. The van der Waals surface area contributed by atoms with Gasteiger partial charge in [0, 0.05) is 6.08 Å². The number of carbonyl (C=O) groups is 2. The van der Waals surface area contributed by atoms with Crippen molar-refractivity contribution < 1.29 is 24.2 Å². The number of aliphatic carboxylic acids is 1. The molecule has 0 radical (unpaired) electrons. The monoisotopic (exact) mass is 224 g/mol. The van der Waals surface area contributed by atoms with E-state index in [1.165, 1.54) is 12.1 Å². The molecule has 16 heavy (non-hydrogen) atoms. The van der Waals surface area contributed by atoms with Gasteiger partial charge < -0.3 is 10.2 Å². The van der Waals surface area contributed by atoms with E-state index >= 15 is 0 Å². The number of benzene rings is 1. The number of aliphatic hydroxyl groups is 1. The van der Waals surface area contributed by atoms with E-state index in [1.54, 1.807) is 6.92 Å². The normalized spacial score (nSPS) is 11.2. The van der Waals surface area contributed by atoms with Crippen molar-refractivity contribution in [2.45, 2.75) is 6.92 Å². The van der Waals surface area contributed by atoms with Gasteiger partial charge in [-0.05, 0) is 19.1 Å². The Hall–Kier alpha value is -2.17. The summed E-state index contributed by atoms with van der Waals surface area (Å²) in [5.74, 6) is -4.44. The number of rotatable bonds is 3. The Labute approximate surface area is 90.6 Å². The van der Waals surface area contributed by atoms with Crippen LogP contribution in [-0.2, 0) is 9.59 Å². The maximum Gasteiger partial charge on any atom is 0.376 e. The second-order valence-corrected chi connectivity index (χ2v) is 3.18. The molecule has 0 bridgehead atoms. The lowest BCUT2D eigenvalue weighted by atomic mass is 10.1. The Morgan fingerprint density at radius 3 is 2.50 bits per heavy atom. The summed E-state index contributed by atoms with van der Waals surface area (Å²) in [4.78, 5) is 21.0. The molecule has 0 aromatic heterocycles. The predicted octanol–water partition coefficient (Wildman–Crippen LogP) is 1.69. The zero-order valence-corrected chi connectivity index (χ0v) is 8.40. The number of carboxylic acids is 1. The van der Waals surface area contributed by atoms with Gasteiger partial charge in [-0.2, -0.15) is 0 Å². The van der Waals surface area contributed by atoms with Crippen molar-refractivity contribution in [1.82, 2.24) is 0 Å². The van der Waals surface area contributed by atoms with Gasteiger partial charge in [0.15, 0.2) is 0 Å². The highest BCUT2D eigenvalue weighted by atomic mass is 19.1. The van der Waals surface area contributed by atoms with Crippen LogP contribution in [0.1, 0.15) is 11.1 Å². The number of hydrogen-bond acceptors (Lipinski definition) is 3. The van der Waals surface area contributed by atoms with E-state index in [4.69, 9.17) is 5.11 Å². The summed E-state index contributed by atoms with van der Waals surface area (Å²) in [5.41, 5.74) is 0.480. The molecule has 2 N–H and O–H groups in total. The zero-order valence-electron chi connectivity index (χ0n) is 8.40. The molecule has 0 atom stereocenters. The molecule has 5 heteroatoms. The second kappa shape index (κ2) is 4.57. The number of carbonyl (C=O) groups excluding carboxylic acids is 1. The summed E-state index contributed by atoms with van der Waals surface area (Å²) in [7, 11) is 0. The maximum absolute atomic E-state index is 13.2. The van der Waals surface area contributed by atoms with Crippen LogP contribution in [0.3, 0.4) is 0 Å². The third kappa shape index (κ3) is 2.66. The van der Waals surface area contributed by atoms with Gasteiger partial charge in [0.1, 0.15) is 11.6 Å². The maximum atomic E-state index is 13.2. The van der Waals surface area contributed by atoms with Gasteiger partial charge in [-0.25, -0.2) is 9.18 Å². The van der Waals surface area contributed by atoms with Crippen molar-refractivity contribution in [3.63, 3.8) is 0 Å². The first-order valence-corrected chi connectivity index (χ1v) is 4.36. The molecule has 0 heterocycles. The summed E-state index contributed by atoms with van der Waals surface area (Å²) in [5, 5.41) is 17.7. The molecule has 1 aromatic rings. The fraction of sp³-hybridized carbons (Fsp3) is 0.0909. The number of halogens is 1. The van der Waals surface area contributed by atoms with Gasteiger partial charge in [-0.1, -0.05) is 11.6 Å². The van der Waals surface area contributed by atoms with Crippen LogP contribution < -0.4 is 0 Å². The molecule has 84 valence electrons. The zero-order chi connectivity index (χ0) is 12.3. The highest BCUT2D eigenvalue weighted by molar-refractivity contribution is 6.38. The van der Waals surface area contributed by atoms with E-state index in [-0.39, 0.29) is 5.56 Å². The third-order valence-corrected chi connectivity index (χ3v) is 1.88. The van der Waals surface area contributed by atoms with Crippen LogP contribution in [0.25, 0.3) is 5.76 Å². The first-order valence-electron chi connectivity index (χ1n) is 4.36. The van der Waals surface area contributed by atoms with Gasteiger partial charge >= 0.3 is 5.97 Å². The Morgan fingerprint density at radius 1 is 1.31 bits per heavy atom. The topological polar surface area (TPSA) is 74.6 Å². The van der Waals surface area contributed by atoms with Crippen LogP contribution in [0.4, 0.5) is 4.39 Å². The summed E-state index contributed by atoms with van der Waals surface area (Å²) in [6.45, 7) is 1.68. The van der Waals surface area contributed by atoms with E-state index in [9.17, 15) is 19.1 Å². The first-order chi connectivity index (χ1) is 7.41. The van der Waals surface area contributed by atoms with Crippen molar-refractivity contribution in [2.75, 3.05) is 0 Å². The van der Waals surface area contributed by atoms with E-state index < -0.39 is 23.3 Å². The third-order valence-electron chi connectivity index (χ3n) is 1.88. The molecule has 0 saturated heterocycles. The fourth-order valence-corrected chi connectivity index (χ4v) is 1.10. The molecule has 4 nitrogen and oxygen atoms in total. The van der Waals surface area contributed by atoms with E-state index in [0.29, 0.717) is 11.6 Å².